The number of hydrogen-bond acceptors (Lipinski definition) is 13. The fourth-order valence-electron chi connectivity index (χ4n) is 3.71. The number of sulfonamides is 1. The molecule has 4 amide bonds. The topological polar surface area (TPSA) is 298 Å². The van der Waals surface area contributed by atoms with Crippen molar-refractivity contribution in [1.29, 1.82) is 0 Å². The highest BCUT2D eigenvalue weighted by molar-refractivity contribution is 7.90. The molecule has 1 heterocycles. The van der Waals surface area contributed by atoms with Gasteiger partial charge in [0, 0.05) is 32.2 Å². The van der Waals surface area contributed by atoms with Gasteiger partial charge in [-0.1, -0.05) is 18.6 Å². The first-order valence-electron chi connectivity index (χ1n) is 14.5. The van der Waals surface area contributed by atoms with Crippen LogP contribution >= 0.6 is 0 Å². The summed E-state index contributed by atoms with van der Waals surface area (Å²) in [4.78, 5) is 70.3. The Balaban J connectivity index is 2.11. The Bertz CT molecular complexity index is 1230. The van der Waals surface area contributed by atoms with Crippen LogP contribution in [0.5, 0.6) is 0 Å². The summed E-state index contributed by atoms with van der Waals surface area (Å²) < 4.78 is 36.4. The maximum atomic E-state index is 12.0. The van der Waals surface area contributed by atoms with Crippen LogP contribution in [-0.2, 0) is 54.7 Å². The number of aryl methyl sites for hydroxylation is 1. The van der Waals surface area contributed by atoms with Crippen molar-refractivity contribution in [3.8, 4) is 0 Å². The van der Waals surface area contributed by atoms with Crippen molar-refractivity contribution in [3.05, 3.63) is 5.82 Å². The van der Waals surface area contributed by atoms with Crippen LogP contribution in [0.1, 0.15) is 64.1 Å². The molecule has 0 saturated carbocycles. The summed E-state index contributed by atoms with van der Waals surface area (Å²) in [6, 6.07) is -2.46. The summed E-state index contributed by atoms with van der Waals surface area (Å²) in [5.41, 5.74) is 0. The molecule has 0 fully saturated rings. The van der Waals surface area contributed by atoms with Crippen LogP contribution in [0.15, 0.2) is 0 Å². The number of H-pyrrole nitrogens is 1. The lowest BCUT2D eigenvalue weighted by Gasteiger charge is -2.16. The van der Waals surface area contributed by atoms with Gasteiger partial charge < -0.3 is 35.6 Å². The van der Waals surface area contributed by atoms with Gasteiger partial charge in [0.2, 0.25) is 33.7 Å². The van der Waals surface area contributed by atoms with Crippen LogP contribution < -0.4 is 20.7 Å². The zero-order chi connectivity index (χ0) is 34.4. The lowest BCUT2D eigenvalue weighted by molar-refractivity contribution is -0.144. The van der Waals surface area contributed by atoms with Crippen molar-refractivity contribution < 1.29 is 56.9 Å². The molecular formula is C25H42N8O12S. The first kappa shape index (κ1) is 39.8. The number of carbonyl (C=O) groups is 6. The fourth-order valence-corrected chi connectivity index (χ4v) is 4.79. The number of tetrazole rings is 1. The molecule has 260 valence electrons. The van der Waals surface area contributed by atoms with Crippen molar-refractivity contribution in [3.63, 3.8) is 0 Å². The Labute approximate surface area is 265 Å². The minimum Gasteiger partial charge on any atom is -0.480 e. The van der Waals surface area contributed by atoms with Gasteiger partial charge in [0.1, 0.15) is 18.7 Å². The summed E-state index contributed by atoms with van der Waals surface area (Å²) in [6.07, 6.45) is 0.745. The largest absolute Gasteiger partial charge is 0.480 e. The highest BCUT2D eigenvalue weighted by Gasteiger charge is 2.23. The van der Waals surface area contributed by atoms with Crippen molar-refractivity contribution in [1.82, 2.24) is 41.3 Å². The van der Waals surface area contributed by atoms with Crippen molar-refractivity contribution in [2.75, 3.05) is 38.7 Å². The number of nitrogens with zero attached hydrogens (tertiary/aromatic N) is 3. The fraction of sp³-hybridized carbons (Fsp3) is 0.720. The van der Waals surface area contributed by atoms with Crippen molar-refractivity contribution in [2.45, 2.75) is 76.8 Å². The average molecular weight is 679 g/mol. The van der Waals surface area contributed by atoms with Crippen molar-refractivity contribution in [2.24, 2.45) is 0 Å². The highest BCUT2D eigenvalue weighted by Crippen LogP contribution is 2.03. The van der Waals surface area contributed by atoms with Crippen LogP contribution in [0.2, 0.25) is 0 Å². The number of carbonyl (C=O) groups excluding carboxylic acids is 4. The van der Waals surface area contributed by atoms with Gasteiger partial charge in [-0.05, 0) is 25.7 Å². The normalized spacial score (nSPS) is 12.5. The number of hydrogen-bond donors (Lipinski definition) is 7. The molecule has 0 radical (unpaired) electrons. The van der Waals surface area contributed by atoms with Crippen LogP contribution in [-0.4, -0.2) is 126 Å². The number of aromatic amines is 1. The lowest BCUT2D eigenvalue weighted by atomic mass is 10.1. The van der Waals surface area contributed by atoms with E-state index in [4.69, 9.17) is 14.6 Å². The lowest BCUT2D eigenvalue weighted by Crippen LogP contribution is -2.44. The van der Waals surface area contributed by atoms with E-state index in [1.807, 2.05) is 4.72 Å². The molecule has 0 aliphatic heterocycles. The number of carboxylic acid groups (broad SMARTS) is 2. The van der Waals surface area contributed by atoms with E-state index in [0.717, 1.165) is 0 Å². The number of carboxylic acids is 2. The summed E-state index contributed by atoms with van der Waals surface area (Å²) >= 11 is 0. The molecule has 1 aromatic rings. The molecular weight excluding hydrogens is 636 g/mol. The number of aliphatic carboxylic acids is 2. The standard InChI is InChI=1S/C25H42N8O12S/c1-2-5-17(24(38)39)27-21(35)10-9-18(25(40)41)28-23(37)16-45-14-13-44-12-11-26-20(34)8-4-15-46(42,43)31-22(36)7-3-6-19-29-32-33-30-19/h17-18H,2-16H2,1H3,(H,26,34)(H,27,35)(H,28,37)(H,31,36)(H,38,39)(H,40,41)(H,29,30,32,33). The molecule has 2 atom stereocenters. The van der Waals surface area contributed by atoms with E-state index < -0.39 is 70.0 Å². The Kier molecular flexibility index (Phi) is 19.3. The highest BCUT2D eigenvalue weighted by atomic mass is 32.2. The van der Waals surface area contributed by atoms with Gasteiger partial charge in [-0.2, -0.15) is 5.21 Å². The predicted molar refractivity (Wildman–Crippen MR) is 156 cm³/mol. The third kappa shape index (κ3) is 19.2. The summed E-state index contributed by atoms with van der Waals surface area (Å²) in [5, 5.41) is 38.6. The van der Waals surface area contributed by atoms with Crippen LogP contribution in [0.4, 0.5) is 0 Å². The Morgan fingerprint density at radius 2 is 1.48 bits per heavy atom. The van der Waals surface area contributed by atoms with Gasteiger partial charge in [-0.3, -0.25) is 23.9 Å². The van der Waals surface area contributed by atoms with Gasteiger partial charge in [-0.25, -0.2) is 18.0 Å². The first-order chi connectivity index (χ1) is 21.8. The second-order valence-corrected chi connectivity index (χ2v) is 11.7. The minimum atomic E-state index is -3.89. The van der Waals surface area contributed by atoms with Crippen LogP contribution in [0, 0.1) is 0 Å². The third-order valence-electron chi connectivity index (χ3n) is 5.96. The molecule has 21 heteroatoms. The number of rotatable bonds is 26. The third-order valence-corrected chi connectivity index (χ3v) is 7.32. The predicted octanol–water partition coefficient (Wildman–Crippen LogP) is -2.38. The average Bonchev–Trinajstić information content (AvgIpc) is 3.49. The Morgan fingerprint density at radius 1 is 0.826 bits per heavy atom. The second-order valence-electron chi connectivity index (χ2n) is 9.89. The molecule has 0 aliphatic carbocycles. The van der Waals surface area contributed by atoms with Gasteiger partial charge in [0.05, 0.1) is 25.6 Å². The first-order valence-corrected chi connectivity index (χ1v) is 16.2. The van der Waals surface area contributed by atoms with Gasteiger partial charge in [-0.15, -0.1) is 10.2 Å². The molecule has 0 aromatic carbocycles. The van der Waals surface area contributed by atoms with Crippen molar-refractivity contribution >= 4 is 45.6 Å². The summed E-state index contributed by atoms with van der Waals surface area (Å²) in [5.74, 6) is -5.03. The van der Waals surface area contributed by atoms with E-state index in [1.165, 1.54) is 0 Å². The molecule has 0 spiro atoms. The Hall–Kier alpha value is -4.24. The number of nitrogens with one attached hydrogen (secondary N) is 5. The number of ether oxygens (including phenoxy) is 2. The summed E-state index contributed by atoms with van der Waals surface area (Å²) in [6.45, 7) is 1.55. The van der Waals surface area contributed by atoms with Crippen LogP contribution in [0.3, 0.4) is 0 Å². The molecule has 2 unspecified atom stereocenters. The van der Waals surface area contributed by atoms with E-state index >= 15 is 0 Å². The Morgan fingerprint density at radius 3 is 2.13 bits per heavy atom. The van der Waals surface area contributed by atoms with Gasteiger partial charge >= 0.3 is 11.9 Å². The SMILES string of the molecule is CCCC(NC(=O)CCC(NC(=O)COCCOCCNC(=O)CCCS(=O)(=O)NC(=O)CCCc1nn[nH]n1)C(=O)O)C(=O)O. The molecule has 0 bridgehead atoms. The van der Waals surface area contributed by atoms with Gasteiger partial charge in [0.15, 0.2) is 5.82 Å². The molecule has 0 aliphatic rings. The quantitative estimate of drug-likeness (QED) is 0.0503. The number of amides is 4. The molecule has 20 nitrogen and oxygen atoms in total. The maximum Gasteiger partial charge on any atom is 0.326 e. The molecule has 1 aromatic heterocycles. The van der Waals surface area contributed by atoms with Crippen LogP contribution in [0.25, 0.3) is 0 Å². The summed E-state index contributed by atoms with van der Waals surface area (Å²) in [7, 11) is -3.89. The molecule has 7 N–H and O–H groups in total. The van der Waals surface area contributed by atoms with E-state index in [1.54, 1.807) is 6.92 Å². The molecule has 1 rings (SSSR count). The number of aromatic nitrogens is 4. The van der Waals surface area contributed by atoms with E-state index in [9.17, 15) is 42.3 Å². The minimum absolute atomic E-state index is 0.00581. The van der Waals surface area contributed by atoms with E-state index in [2.05, 4.69) is 36.6 Å². The van der Waals surface area contributed by atoms with Gasteiger partial charge in [0.25, 0.3) is 0 Å². The molecule has 46 heavy (non-hydrogen) atoms. The smallest absolute Gasteiger partial charge is 0.326 e. The molecule has 0 saturated heterocycles. The maximum absolute atomic E-state index is 12.0. The zero-order valence-corrected chi connectivity index (χ0v) is 26.3. The monoisotopic (exact) mass is 678 g/mol. The van der Waals surface area contributed by atoms with E-state index in [-0.39, 0.29) is 64.9 Å². The zero-order valence-electron chi connectivity index (χ0n) is 25.5. The van der Waals surface area contributed by atoms with E-state index in [0.29, 0.717) is 25.1 Å². The second kappa shape index (κ2) is 22.3.